The highest BCUT2D eigenvalue weighted by atomic mass is 35.5. The molecular weight excluding hydrogens is 464 g/mol. The van der Waals surface area contributed by atoms with E-state index in [-0.39, 0.29) is 11.9 Å². The Morgan fingerprint density at radius 1 is 1.11 bits per heavy atom. The van der Waals surface area contributed by atoms with E-state index in [1.165, 1.54) is 0 Å². The first-order chi connectivity index (χ1) is 16.8. The number of aromatic nitrogens is 2. The molecule has 0 aliphatic carbocycles. The molecule has 2 heterocycles. The van der Waals surface area contributed by atoms with E-state index in [1.807, 2.05) is 81.4 Å². The van der Waals surface area contributed by atoms with E-state index in [0.717, 1.165) is 30.2 Å². The Kier molecular flexibility index (Phi) is 7.73. The Hall–Kier alpha value is -3.36. The molecule has 1 aliphatic heterocycles. The fourth-order valence-electron chi connectivity index (χ4n) is 3.79. The van der Waals surface area contributed by atoms with Gasteiger partial charge in [-0.2, -0.15) is 4.98 Å². The quantitative estimate of drug-likeness (QED) is 0.497. The minimum absolute atomic E-state index is 0.0338. The van der Waals surface area contributed by atoms with Crippen LogP contribution < -0.4 is 15.1 Å². The maximum Gasteiger partial charge on any atom is 0.253 e. The molecule has 35 heavy (non-hydrogen) atoms. The molecule has 1 fully saturated rings. The highest BCUT2D eigenvalue weighted by Crippen LogP contribution is 2.28. The summed E-state index contributed by atoms with van der Waals surface area (Å²) >= 11 is 6.16. The van der Waals surface area contributed by atoms with Crippen molar-refractivity contribution < 1.29 is 9.53 Å². The van der Waals surface area contributed by atoms with E-state index < -0.39 is 0 Å². The van der Waals surface area contributed by atoms with Gasteiger partial charge in [-0.15, -0.1) is 0 Å². The van der Waals surface area contributed by atoms with E-state index in [0.29, 0.717) is 35.6 Å². The van der Waals surface area contributed by atoms with Crippen molar-refractivity contribution >= 4 is 46.3 Å². The molecule has 3 aromatic rings. The van der Waals surface area contributed by atoms with Crippen LogP contribution in [-0.4, -0.2) is 67.2 Å². The van der Waals surface area contributed by atoms with Gasteiger partial charge in [0, 0.05) is 67.1 Å². The Balaban J connectivity index is 1.64. The van der Waals surface area contributed by atoms with E-state index in [4.69, 9.17) is 16.3 Å². The Bertz CT molecular complexity index is 1180. The Morgan fingerprint density at radius 2 is 1.89 bits per heavy atom. The van der Waals surface area contributed by atoms with Gasteiger partial charge in [0.15, 0.2) is 0 Å². The molecule has 184 valence electrons. The second kappa shape index (κ2) is 10.9. The van der Waals surface area contributed by atoms with Crippen LogP contribution in [0.3, 0.4) is 0 Å². The van der Waals surface area contributed by atoms with Crippen LogP contribution in [0, 0.1) is 0 Å². The number of anilines is 5. The third-order valence-corrected chi connectivity index (χ3v) is 6.31. The van der Waals surface area contributed by atoms with Gasteiger partial charge in [0.2, 0.25) is 5.95 Å². The number of carbonyl (C=O) groups excluding carboxylic acids is 1. The standard InChI is InChI=1S/C26H31ClN6O2/c1-18(2)31(3)25(34)19-14-21(17-23(15-19)33-10-12-35-13-11-33)29-26-28-9-8-24(30-26)32(4)22-7-5-6-20(27)16-22/h5-9,14-18H,10-13H2,1-4H3,(H,28,29,30). The van der Waals surface area contributed by atoms with Crippen molar-refractivity contribution in [2.75, 3.05) is 55.5 Å². The van der Waals surface area contributed by atoms with Crippen LogP contribution in [0.15, 0.2) is 54.7 Å². The number of ether oxygens (including phenoxy) is 1. The Labute approximate surface area is 211 Å². The zero-order chi connectivity index (χ0) is 24.9. The monoisotopic (exact) mass is 494 g/mol. The number of hydrogen-bond donors (Lipinski definition) is 1. The van der Waals surface area contributed by atoms with Crippen LogP contribution in [0.2, 0.25) is 5.02 Å². The van der Waals surface area contributed by atoms with E-state index >= 15 is 0 Å². The molecule has 0 radical (unpaired) electrons. The number of morpholine rings is 1. The van der Waals surface area contributed by atoms with Crippen molar-refractivity contribution in [1.29, 1.82) is 0 Å². The Morgan fingerprint density at radius 3 is 2.60 bits per heavy atom. The van der Waals surface area contributed by atoms with Crippen molar-refractivity contribution in [3.63, 3.8) is 0 Å². The van der Waals surface area contributed by atoms with Crippen LogP contribution in [0.5, 0.6) is 0 Å². The lowest BCUT2D eigenvalue weighted by Gasteiger charge is -2.30. The number of benzene rings is 2. The molecule has 0 unspecified atom stereocenters. The minimum atomic E-state index is -0.0338. The first-order valence-corrected chi connectivity index (χ1v) is 12.0. The van der Waals surface area contributed by atoms with Crippen LogP contribution >= 0.6 is 11.6 Å². The average Bonchev–Trinajstić information content (AvgIpc) is 2.87. The summed E-state index contributed by atoms with van der Waals surface area (Å²) in [5.41, 5.74) is 3.24. The lowest BCUT2D eigenvalue weighted by Crippen LogP contribution is -2.37. The molecule has 1 aromatic heterocycles. The molecule has 9 heteroatoms. The third-order valence-electron chi connectivity index (χ3n) is 6.07. The van der Waals surface area contributed by atoms with Crippen molar-refractivity contribution in [2.24, 2.45) is 0 Å². The van der Waals surface area contributed by atoms with Crippen LogP contribution in [0.25, 0.3) is 0 Å². The topological polar surface area (TPSA) is 73.8 Å². The zero-order valence-corrected chi connectivity index (χ0v) is 21.3. The molecule has 0 bridgehead atoms. The number of halogens is 1. The van der Waals surface area contributed by atoms with Crippen molar-refractivity contribution in [1.82, 2.24) is 14.9 Å². The summed E-state index contributed by atoms with van der Waals surface area (Å²) in [4.78, 5) is 28.2. The van der Waals surface area contributed by atoms with Gasteiger partial charge < -0.3 is 24.8 Å². The van der Waals surface area contributed by atoms with Gasteiger partial charge in [0.1, 0.15) is 5.82 Å². The van der Waals surface area contributed by atoms with Gasteiger partial charge in [-0.3, -0.25) is 4.79 Å². The molecule has 1 amide bonds. The molecule has 0 saturated carbocycles. The molecule has 1 aliphatic rings. The van der Waals surface area contributed by atoms with Gasteiger partial charge in [-0.05, 0) is 56.3 Å². The maximum absolute atomic E-state index is 13.2. The first kappa shape index (κ1) is 24.8. The number of rotatable bonds is 7. The summed E-state index contributed by atoms with van der Waals surface area (Å²) in [6.07, 6.45) is 1.70. The number of carbonyl (C=O) groups is 1. The van der Waals surface area contributed by atoms with Gasteiger partial charge in [-0.25, -0.2) is 4.98 Å². The average molecular weight is 495 g/mol. The molecule has 0 atom stereocenters. The predicted molar refractivity (Wildman–Crippen MR) is 142 cm³/mol. The van der Waals surface area contributed by atoms with Crippen molar-refractivity contribution in [3.8, 4) is 0 Å². The van der Waals surface area contributed by atoms with E-state index in [1.54, 1.807) is 11.1 Å². The molecule has 4 rings (SSSR count). The predicted octanol–water partition coefficient (Wildman–Crippen LogP) is 4.96. The van der Waals surface area contributed by atoms with Gasteiger partial charge in [0.05, 0.1) is 13.2 Å². The third kappa shape index (κ3) is 6.01. The maximum atomic E-state index is 13.2. The number of nitrogens with zero attached hydrogens (tertiary/aromatic N) is 5. The van der Waals surface area contributed by atoms with Gasteiger partial charge >= 0.3 is 0 Å². The summed E-state index contributed by atoms with van der Waals surface area (Å²) in [5, 5.41) is 3.96. The van der Waals surface area contributed by atoms with Crippen LogP contribution in [0.1, 0.15) is 24.2 Å². The molecule has 1 saturated heterocycles. The smallest absolute Gasteiger partial charge is 0.253 e. The summed E-state index contributed by atoms with van der Waals surface area (Å²) in [7, 11) is 3.75. The van der Waals surface area contributed by atoms with Gasteiger partial charge in [0.25, 0.3) is 5.91 Å². The first-order valence-electron chi connectivity index (χ1n) is 11.7. The zero-order valence-electron chi connectivity index (χ0n) is 20.5. The highest BCUT2D eigenvalue weighted by Gasteiger charge is 2.19. The fourth-order valence-corrected chi connectivity index (χ4v) is 3.98. The fraction of sp³-hybridized carbons (Fsp3) is 0.346. The van der Waals surface area contributed by atoms with Crippen LogP contribution in [-0.2, 0) is 4.74 Å². The van der Waals surface area contributed by atoms with E-state index in [2.05, 4.69) is 20.2 Å². The molecular formula is C26H31ClN6O2. The minimum Gasteiger partial charge on any atom is -0.378 e. The van der Waals surface area contributed by atoms with Crippen molar-refractivity contribution in [3.05, 3.63) is 65.3 Å². The SMILES string of the molecule is CC(C)N(C)C(=O)c1cc(Nc2nccc(N(C)c3cccc(Cl)c3)n2)cc(N2CCOCC2)c1. The summed E-state index contributed by atoms with van der Waals surface area (Å²) in [6.45, 7) is 6.86. The summed E-state index contributed by atoms with van der Waals surface area (Å²) < 4.78 is 5.51. The summed E-state index contributed by atoms with van der Waals surface area (Å²) in [6, 6.07) is 15.3. The second-order valence-electron chi connectivity index (χ2n) is 8.78. The lowest BCUT2D eigenvalue weighted by molar-refractivity contribution is 0.0755. The molecule has 2 aromatic carbocycles. The largest absolute Gasteiger partial charge is 0.378 e. The number of hydrogen-bond acceptors (Lipinski definition) is 7. The normalized spacial score (nSPS) is 13.6. The number of nitrogens with one attached hydrogen (secondary N) is 1. The van der Waals surface area contributed by atoms with Gasteiger partial charge in [-0.1, -0.05) is 17.7 Å². The molecule has 1 N–H and O–H groups in total. The lowest BCUT2D eigenvalue weighted by atomic mass is 10.1. The van der Waals surface area contributed by atoms with Crippen molar-refractivity contribution in [2.45, 2.75) is 19.9 Å². The summed E-state index contributed by atoms with van der Waals surface area (Å²) in [5.74, 6) is 1.12. The second-order valence-corrected chi connectivity index (χ2v) is 9.22. The number of amides is 1. The molecule has 0 spiro atoms. The van der Waals surface area contributed by atoms with E-state index in [9.17, 15) is 4.79 Å². The van der Waals surface area contributed by atoms with Crippen LogP contribution in [0.4, 0.5) is 28.8 Å². The highest BCUT2D eigenvalue weighted by molar-refractivity contribution is 6.30. The molecule has 8 nitrogen and oxygen atoms in total.